The van der Waals surface area contributed by atoms with Crippen molar-refractivity contribution in [2.45, 2.75) is 25.0 Å². The van der Waals surface area contributed by atoms with E-state index in [4.69, 9.17) is 5.73 Å². The van der Waals surface area contributed by atoms with E-state index >= 15 is 0 Å². The molecule has 5 N–H and O–H groups in total. The molecular formula is C13H21N3O. The normalized spacial score (nSPS) is 19.1. The van der Waals surface area contributed by atoms with Crippen molar-refractivity contribution in [3.05, 3.63) is 29.8 Å². The monoisotopic (exact) mass is 235 g/mol. The van der Waals surface area contributed by atoms with Crippen LogP contribution in [0, 0.1) is 0 Å². The van der Waals surface area contributed by atoms with Gasteiger partial charge in [0.05, 0.1) is 5.60 Å². The molecule has 4 heteroatoms. The van der Waals surface area contributed by atoms with Crippen LogP contribution in [0.25, 0.3) is 0 Å². The summed E-state index contributed by atoms with van der Waals surface area (Å²) in [6.45, 7) is 3.23. The van der Waals surface area contributed by atoms with E-state index in [9.17, 15) is 5.11 Å². The minimum atomic E-state index is -0.543. The number of aliphatic hydroxyl groups is 1. The third-order valence-electron chi connectivity index (χ3n) is 3.30. The van der Waals surface area contributed by atoms with Crippen LogP contribution < -0.4 is 16.4 Å². The van der Waals surface area contributed by atoms with Gasteiger partial charge in [0.25, 0.3) is 0 Å². The molecule has 1 heterocycles. The minimum absolute atomic E-state index is 0.543. The van der Waals surface area contributed by atoms with Crippen LogP contribution in [0.4, 0.5) is 5.69 Å². The molecule has 1 fully saturated rings. The highest BCUT2D eigenvalue weighted by Gasteiger charge is 2.28. The zero-order valence-corrected chi connectivity index (χ0v) is 10.1. The molecule has 0 saturated carbocycles. The van der Waals surface area contributed by atoms with Crippen molar-refractivity contribution in [3.63, 3.8) is 0 Å². The number of nitrogens with one attached hydrogen (secondary N) is 2. The summed E-state index contributed by atoms with van der Waals surface area (Å²) in [6, 6.07) is 7.82. The van der Waals surface area contributed by atoms with Crippen molar-refractivity contribution in [1.29, 1.82) is 0 Å². The first-order chi connectivity index (χ1) is 8.18. The Kier molecular flexibility index (Phi) is 3.99. The second kappa shape index (κ2) is 5.49. The van der Waals surface area contributed by atoms with Crippen LogP contribution in [-0.4, -0.2) is 30.3 Å². The fourth-order valence-electron chi connectivity index (χ4n) is 2.14. The number of rotatable bonds is 4. The number of piperidine rings is 1. The Hall–Kier alpha value is -1.10. The first-order valence-corrected chi connectivity index (χ1v) is 6.16. The number of hydrogen-bond acceptors (Lipinski definition) is 4. The molecule has 0 bridgehead atoms. The Bertz CT molecular complexity index is 344. The van der Waals surface area contributed by atoms with E-state index in [1.807, 2.05) is 24.3 Å². The fraction of sp³-hybridized carbons (Fsp3) is 0.538. The lowest BCUT2D eigenvalue weighted by molar-refractivity contribution is 0.0109. The second-order valence-electron chi connectivity index (χ2n) is 4.82. The standard InChI is InChI=1S/C13H21N3O/c14-12-3-1-11(2-4-12)9-16-10-13(17)5-7-15-8-6-13/h1-4,15-17H,5-10,14H2. The molecule has 0 unspecified atom stereocenters. The van der Waals surface area contributed by atoms with Crippen LogP contribution >= 0.6 is 0 Å². The van der Waals surface area contributed by atoms with Crippen LogP contribution in [-0.2, 0) is 6.54 Å². The van der Waals surface area contributed by atoms with E-state index in [2.05, 4.69) is 10.6 Å². The average molecular weight is 235 g/mol. The Balaban J connectivity index is 1.77. The zero-order valence-electron chi connectivity index (χ0n) is 10.1. The van der Waals surface area contributed by atoms with Crippen molar-refractivity contribution in [2.75, 3.05) is 25.4 Å². The van der Waals surface area contributed by atoms with Crippen LogP contribution in [0.5, 0.6) is 0 Å². The molecule has 4 nitrogen and oxygen atoms in total. The molecule has 0 amide bonds. The molecule has 0 spiro atoms. The van der Waals surface area contributed by atoms with Crippen LogP contribution in [0.3, 0.4) is 0 Å². The number of hydrogen-bond donors (Lipinski definition) is 4. The van der Waals surface area contributed by atoms with E-state index in [1.165, 1.54) is 5.56 Å². The molecule has 0 aromatic heterocycles. The number of nitrogens with two attached hydrogens (primary N) is 1. The predicted molar refractivity (Wildman–Crippen MR) is 69.6 cm³/mol. The molecule has 17 heavy (non-hydrogen) atoms. The minimum Gasteiger partial charge on any atom is -0.399 e. The van der Waals surface area contributed by atoms with Gasteiger partial charge >= 0.3 is 0 Å². The quantitative estimate of drug-likeness (QED) is 0.573. The van der Waals surface area contributed by atoms with Gasteiger partial charge in [-0.3, -0.25) is 0 Å². The molecule has 1 aliphatic heterocycles. The molecule has 1 saturated heterocycles. The van der Waals surface area contributed by atoms with Crippen LogP contribution in [0.1, 0.15) is 18.4 Å². The number of anilines is 1. The maximum atomic E-state index is 10.3. The van der Waals surface area contributed by atoms with E-state index < -0.39 is 5.60 Å². The highest BCUT2D eigenvalue weighted by Crippen LogP contribution is 2.16. The molecule has 1 aliphatic rings. The highest BCUT2D eigenvalue weighted by atomic mass is 16.3. The fourth-order valence-corrected chi connectivity index (χ4v) is 2.14. The zero-order chi connectivity index (χ0) is 12.1. The molecule has 2 rings (SSSR count). The highest BCUT2D eigenvalue weighted by molar-refractivity contribution is 5.39. The lowest BCUT2D eigenvalue weighted by atomic mass is 9.92. The maximum Gasteiger partial charge on any atom is 0.0795 e. The second-order valence-corrected chi connectivity index (χ2v) is 4.82. The third kappa shape index (κ3) is 3.70. The van der Waals surface area contributed by atoms with Gasteiger partial charge in [-0.25, -0.2) is 0 Å². The van der Waals surface area contributed by atoms with Crippen molar-refractivity contribution >= 4 is 5.69 Å². The first kappa shape index (κ1) is 12.4. The topological polar surface area (TPSA) is 70.3 Å². The smallest absolute Gasteiger partial charge is 0.0795 e. The molecular weight excluding hydrogens is 214 g/mol. The van der Waals surface area contributed by atoms with Gasteiger partial charge in [-0.2, -0.15) is 0 Å². The predicted octanol–water partition coefficient (Wildman–Crippen LogP) is 0.473. The van der Waals surface area contributed by atoms with Gasteiger partial charge in [-0.05, 0) is 43.6 Å². The summed E-state index contributed by atoms with van der Waals surface area (Å²) in [5.41, 5.74) is 7.06. The van der Waals surface area contributed by atoms with Gasteiger partial charge < -0.3 is 21.5 Å². The summed E-state index contributed by atoms with van der Waals surface area (Å²) >= 11 is 0. The van der Waals surface area contributed by atoms with E-state index in [-0.39, 0.29) is 0 Å². The van der Waals surface area contributed by atoms with Gasteiger partial charge in [0, 0.05) is 18.8 Å². The summed E-state index contributed by atoms with van der Waals surface area (Å²) in [6.07, 6.45) is 1.64. The summed E-state index contributed by atoms with van der Waals surface area (Å²) in [4.78, 5) is 0. The lowest BCUT2D eigenvalue weighted by Crippen LogP contribution is -2.48. The molecule has 1 aromatic rings. The van der Waals surface area contributed by atoms with Crippen LogP contribution in [0.2, 0.25) is 0 Å². The molecule has 94 valence electrons. The van der Waals surface area contributed by atoms with Crippen molar-refractivity contribution in [2.24, 2.45) is 0 Å². The summed E-state index contributed by atoms with van der Waals surface area (Å²) in [5.74, 6) is 0. The van der Waals surface area contributed by atoms with Crippen LogP contribution in [0.15, 0.2) is 24.3 Å². The summed E-state index contributed by atoms with van der Waals surface area (Å²) in [7, 11) is 0. The Labute approximate surface area is 102 Å². The van der Waals surface area contributed by atoms with Gasteiger partial charge in [0.2, 0.25) is 0 Å². The maximum absolute atomic E-state index is 10.3. The SMILES string of the molecule is Nc1ccc(CNCC2(O)CCNCC2)cc1. The van der Waals surface area contributed by atoms with E-state index in [0.717, 1.165) is 38.2 Å². The molecule has 0 aliphatic carbocycles. The summed E-state index contributed by atoms with van der Waals surface area (Å²) in [5, 5.41) is 16.8. The molecule has 0 atom stereocenters. The molecule has 0 radical (unpaired) electrons. The van der Waals surface area contributed by atoms with Gasteiger partial charge in [-0.1, -0.05) is 12.1 Å². The van der Waals surface area contributed by atoms with Crippen molar-refractivity contribution < 1.29 is 5.11 Å². The first-order valence-electron chi connectivity index (χ1n) is 6.16. The Morgan fingerprint density at radius 3 is 2.53 bits per heavy atom. The van der Waals surface area contributed by atoms with E-state index in [1.54, 1.807) is 0 Å². The summed E-state index contributed by atoms with van der Waals surface area (Å²) < 4.78 is 0. The number of benzene rings is 1. The Morgan fingerprint density at radius 2 is 1.88 bits per heavy atom. The van der Waals surface area contributed by atoms with Gasteiger partial charge in [-0.15, -0.1) is 0 Å². The van der Waals surface area contributed by atoms with E-state index in [0.29, 0.717) is 6.54 Å². The molecule has 1 aromatic carbocycles. The van der Waals surface area contributed by atoms with Gasteiger partial charge in [0.1, 0.15) is 0 Å². The third-order valence-corrected chi connectivity index (χ3v) is 3.30. The Morgan fingerprint density at radius 1 is 1.24 bits per heavy atom. The largest absolute Gasteiger partial charge is 0.399 e. The van der Waals surface area contributed by atoms with Crippen molar-refractivity contribution in [1.82, 2.24) is 10.6 Å². The van der Waals surface area contributed by atoms with Gasteiger partial charge in [0.15, 0.2) is 0 Å². The lowest BCUT2D eigenvalue weighted by Gasteiger charge is -2.32. The van der Waals surface area contributed by atoms with Crippen molar-refractivity contribution in [3.8, 4) is 0 Å². The average Bonchev–Trinajstić information content (AvgIpc) is 2.32. The number of nitrogen functional groups attached to an aromatic ring is 1.